The van der Waals surface area contributed by atoms with E-state index in [0.29, 0.717) is 31.8 Å². The number of anilines is 2. The van der Waals surface area contributed by atoms with E-state index in [4.69, 9.17) is 4.74 Å². The Labute approximate surface area is 200 Å². The largest absolute Gasteiger partial charge is 0.444 e. The molecule has 1 saturated heterocycles. The van der Waals surface area contributed by atoms with Crippen LogP contribution in [-0.2, 0) is 16.1 Å². The number of ether oxygens (including phenoxy) is 1. The zero-order chi connectivity index (χ0) is 23.2. The molecule has 174 valence electrons. The number of para-hydroxylation sites is 1. The first-order chi connectivity index (χ1) is 16.6. The molecule has 0 radical (unpaired) electrons. The topological polar surface area (TPSA) is 92.7 Å². The van der Waals surface area contributed by atoms with Crippen molar-refractivity contribution >= 4 is 46.0 Å². The zero-order valence-electron chi connectivity index (χ0n) is 18.5. The van der Waals surface area contributed by atoms with Crippen LogP contribution in [0.15, 0.2) is 58.2 Å². The SMILES string of the molecule is O=C1CSc2ccc(N3C[C@@H](CCNCC4Cn5c(=O)ccc6cccc4c65)OC3=O)cc2N1. The molecule has 0 aliphatic carbocycles. The summed E-state index contributed by atoms with van der Waals surface area (Å²) in [7, 11) is 0. The van der Waals surface area contributed by atoms with E-state index in [-0.39, 0.29) is 29.6 Å². The third-order valence-corrected chi connectivity index (χ3v) is 7.77. The third kappa shape index (κ3) is 3.74. The molecule has 3 aromatic rings. The van der Waals surface area contributed by atoms with Gasteiger partial charge in [-0.15, -0.1) is 11.8 Å². The van der Waals surface area contributed by atoms with Crippen molar-refractivity contribution < 1.29 is 14.3 Å². The molecule has 0 bridgehead atoms. The lowest BCUT2D eigenvalue weighted by Crippen LogP contribution is -2.28. The van der Waals surface area contributed by atoms with E-state index in [2.05, 4.69) is 16.7 Å². The minimum absolute atomic E-state index is 0.0333. The van der Waals surface area contributed by atoms with Crippen molar-refractivity contribution in [2.75, 3.05) is 35.6 Å². The van der Waals surface area contributed by atoms with Gasteiger partial charge in [0, 0.05) is 35.7 Å². The van der Waals surface area contributed by atoms with E-state index in [9.17, 15) is 14.4 Å². The first-order valence-electron chi connectivity index (χ1n) is 11.4. The van der Waals surface area contributed by atoms with Crippen LogP contribution >= 0.6 is 11.8 Å². The smallest absolute Gasteiger partial charge is 0.414 e. The summed E-state index contributed by atoms with van der Waals surface area (Å²) >= 11 is 1.49. The van der Waals surface area contributed by atoms with Crippen LogP contribution in [0.3, 0.4) is 0 Å². The number of thioether (sulfide) groups is 1. The molecule has 1 aromatic heterocycles. The number of nitrogens with zero attached hydrogens (tertiary/aromatic N) is 2. The van der Waals surface area contributed by atoms with Crippen molar-refractivity contribution in [3.63, 3.8) is 0 Å². The Bertz CT molecular complexity index is 1370. The molecule has 2 atom stereocenters. The van der Waals surface area contributed by atoms with Gasteiger partial charge in [0.2, 0.25) is 5.91 Å². The Hall–Kier alpha value is -3.30. The van der Waals surface area contributed by atoms with Crippen molar-refractivity contribution in [3.8, 4) is 0 Å². The maximum atomic E-state index is 12.5. The summed E-state index contributed by atoms with van der Waals surface area (Å²) in [6, 6.07) is 15.4. The quantitative estimate of drug-likeness (QED) is 0.531. The van der Waals surface area contributed by atoms with Gasteiger partial charge in [-0.3, -0.25) is 14.5 Å². The highest BCUT2D eigenvalue weighted by Crippen LogP contribution is 2.36. The first kappa shape index (κ1) is 21.2. The highest BCUT2D eigenvalue weighted by atomic mass is 32.2. The summed E-state index contributed by atoms with van der Waals surface area (Å²) in [5.41, 5.74) is 3.76. The monoisotopic (exact) mass is 476 g/mol. The summed E-state index contributed by atoms with van der Waals surface area (Å²) in [5, 5.41) is 7.45. The number of hydrogen-bond acceptors (Lipinski definition) is 6. The standard InChI is InChI=1S/C25H24N4O4S/c30-22-14-34-21-6-5-17(10-20(21)27-22)28-13-18(33-25(28)32)8-9-26-11-16-12-29-23(31)7-4-15-2-1-3-19(16)24(15)29/h1-7,10,16,18,26H,8-9,11-14H2,(H,27,30)/t16?,18-/m1/s1. The molecule has 3 aliphatic rings. The molecule has 34 heavy (non-hydrogen) atoms. The minimum atomic E-state index is -0.364. The summed E-state index contributed by atoms with van der Waals surface area (Å²) in [5.74, 6) is 0.616. The van der Waals surface area contributed by atoms with Crippen LogP contribution in [0.4, 0.5) is 16.2 Å². The molecule has 1 unspecified atom stereocenters. The molecule has 2 amide bonds. The number of amides is 2. The molecule has 0 spiro atoms. The highest BCUT2D eigenvalue weighted by Gasteiger charge is 2.33. The second kappa shape index (κ2) is 8.48. The fraction of sp³-hybridized carbons (Fsp3) is 0.320. The molecule has 8 nitrogen and oxygen atoms in total. The van der Waals surface area contributed by atoms with Crippen molar-refractivity contribution in [3.05, 3.63) is 64.4 Å². The number of fused-ring (bicyclic) bond motifs is 1. The number of cyclic esters (lactones) is 1. The fourth-order valence-electron chi connectivity index (χ4n) is 5.05. The number of carbonyl (C=O) groups excluding carboxylic acids is 2. The second-order valence-electron chi connectivity index (χ2n) is 8.89. The van der Waals surface area contributed by atoms with Crippen LogP contribution in [-0.4, -0.2) is 48.1 Å². The summed E-state index contributed by atoms with van der Waals surface area (Å²) in [6.45, 7) is 2.62. The Kier molecular flexibility index (Phi) is 5.30. The van der Waals surface area contributed by atoms with Gasteiger partial charge in [-0.2, -0.15) is 0 Å². The molecule has 0 saturated carbocycles. The molecular formula is C25H24N4O4S. The lowest BCUT2D eigenvalue weighted by molar-refractivity contribution is -0.113. The van der Waals surface area contributed by atoms with Crippen LogP contribution < -0.4 is 21.1 Å². The fourth-order valence-corrected chi connectivity index (χ4v) is 5.84. The van der Waals surface area contributed by atoms with E-state index in [0.717, 1.165) is 33.7 Å². The Morgan fingerprint density at radius 2 is 2.00 bits per heavy atom. The third-order valence-electron chi connectivity index (χ3n) is 6.70. The number of carbonyl (C=O) groups is 2. The van der Waals surface area contributed by atoms with Crippen LogP contribution in [0.1, 0.15) is 17.9 Å². The van der Waals surface area contributed by atoms with E-state index in [1.807, 2.05) is 41.0 Å². The zero-order valence-corrected chi connectivity index (χ0v) is 19.3. The van der Waals surface area contributed by atoms with Gasteiger partial charge in [-0.25, -0.2) is 4.79 Å². The highest BCUT2D eigenvalue weighted by molar-refractivity contribution is 8.00. The van der Waals surface area contributed by atoms with Gasteiger partial charge in [-0.1, -0.05) is 18.2 Å². The molecule has 3 aliphatic heterocycles. The van der Waals surface area contributed by atoms with Crippen molar-refractivity contribution in [1.29, 1.82) is 0 Å². The van der Waals surface area contributed by atoms with Gasteiger partial charge in [0.25, 0.3) is 5.56 Å². The number of hydrogen-bond donors (Lipinski definition) is 2. The minimum Gasteiger partial charge on any atom is -0.444 e. The summed E-state index contributed by atoms with van der Waals surface area (Å²) in [4.78, 5) is 39.1. The van der Waals surface area contributed by atoms with Gasteiger partial charge in [0.15, 0.2) is 0 Å². The second-order valence-corrected chi connectivity index (χ2v) is 9.91. The Morgan fingerprint density at radius 1 is 1.09 bits per heavy atom. The molecule has 2 N–H and O–H groups in total. The molecule has 2 aromatic carbocycles. The van der Waals surface area contributed by atoms with Crippen LogP contribution in [0.25, 0.3) is 10.9 Å². The van der Waals surface area contributed by atoms with E-state index in [1.165, 1.54) is 17.3 Å². The molecule has 1 fully saturated rings. The average molecular weight is 477 g/mol. The number of benzene rings is 2. The van der Waals surface area contributed by atoms with Crippen LogP contribution in [0.2, 0.25) is 0 Å². The number of rotatable bonds is 6. The normalized spacial score (nSPS) is 21.0. The van der Waals surface area contributed by atoms with E-state index < -0.39 is 0 Å². The molecular weight excluding hydrogens is 452 g/mol. The van der Waals surface area contributed by atoms with E-state index >= 15 is 0 Å². The number of nitrogens with one attached hydrogen (secondary N) is 2. The van der Waals surface area contributed by atoms with Crippen LogP contribution in [0.5, 0.6) is 0 Å². The van der Waals surface area contributed by atoms with Gasteiger partial charge in [0.05, 0.1) is 23.5 Å². The summed E-state index contributed by atoms with van der Waals surface area (Å²) in [6.07, 6.45) is 0.132. The molecule has 4 heterocycles. The lowest BCUT2D eigenvalue weighted by Gasteiger charge is -2.20. The van der Waals surface area contributed by atoms with Gasteiger partial charge in [-0.05, 0) is 48.2 Å². The predicted octanol–water partition coefficient (Wildman–Crippen LogP) is 3.15. The van der Waals surface area contributed by atoms with Gasteiger partial charge < -0.3 is 19.9 Å². The maximum absolute atomic E-state index is 12.5. The Morgan fingerprint density at radius 3 is 2.91 bits per heavy atom. The number of pyridine rings is 1. The summed E-state index contributed by atoms with van der Waals surface area (Å²) < 4.78 is 7.46. The van der Waals surface area contributed by atoms with Crippen molar-refractivity contribution in [2.45, 2.75) is 29.9 Å². The van der Waals surface area contributed by atoms with Gasteiger partial charge >= 0.3 is 6.09 Å². The molecule has 9 heteroatoms. The predicted molar refractivity (Wildman–Crippen MR) is 132 cm³/mol. The molecule has 6 rings (SSSR count). The first-order valence-corrected chi connectivity index (χ1v) is 12.4. The Balaban J connectivity index is 1.05. The van der Waals surface area contributed by atoms with Crippen molar-refractivity contribution in [1.82, 2.24) is 9.88 Å². The lowest BCUT2D eigenvalue weighted by atomic mass is 10.00. The average Bonchev–Trinajstić information content (AvgIpc) is 3.40. The maximum Gasteiger partial charge on any atom is 0.414 e. The van der Waals surface area contributed by atoms with E-state index in [1.54, 1.807) is 11.0 Å². The number of aromatic nitrogens is 1. The van der Waals surface area contributed by atoms with Crippen LogP contribution in [0, 0.1) is 0 Å². The van der Waals surface area contributed by atoms with Crippen molar-refractivity contribution in [2.24, 2.45) is 0 Å². The van der Waals surface area contributed by atoms with Gasteiger partial charge in [0.1, 0.15) is 6.10 Å².